The molecule has 0 unspecified atom stereocenters. The number of fused-ring (bicyclic) bond motifs is 1. The number of hydrogen-bond acceptors (Lipinski definition) is 3. The van der Waals surface area contributed by atoms with Gasteiger partial charge in [0.25, 0.3) is 0 Å². The van der Waals surface area contributed by atoms with Crippen molar-refractivity contribution in [1.82, 2.24) is 4.98 Å². The summed E-state index contributed by atoms with van der Waals surface area (Å²) in [5, 5.41) is 9.91. The minimum absolute atomic E-state index is 0.646. The number of rotatable bonds is 2. The quantitative estimate of drug-likeness (QED) is 0.866. The number of H-pyrrole nitrogens is 1. The number of aromatic nitrogens is 1. The van der Waals surface area contributed by atoms with Crippen molar-refractivity contribution >= 4 is 28.4 Å². The molecular formula is C15H19N3S. The van der Waals surface area contributed by atoms with E-state index in [0.717, 1.165) is 27.1 Å². The molecule has 3 nitrogen and oxygen atoms in total. The molecule has 1 aromatic carbocycles. The summed E-state index contributed by atoms with van der Waals surface area (Å²) in [5.41, 5.74) is 9.47. The first kappa shape index (κ1) is 15.2. The maximum absolute atomic E-state index is 8.91. The van der Waals surface area contributed by atoms with Gasteiger partial charge in [0.05, 0.1) is 17.3 Å². The molecule has 0 bridgehead atoms. The third kappa shape index (κ3) is 3.12. The Kier molecular flexibility index (Phi) is 5.53. The molecule has 0 aliphatic heterocycles. The highest BCUT2D eigenvalue weighted by molar-refractivity contribution is 8.02. The fourth-order valence-electron chi connectivity index (χ4n) is 1.71. The number of nitrogens with zero attached hydrogens (tertiary/aromatic N) is 1. The smallest absolute Gasteiger partial charge is 0.0991 e. The third-order valence-electron chi connectivity index (χ3n) is 2.79. The number of nitrogens with two attached hydrogens (primary N) is 1. The lowest BCUT2D eigenvalue weighted by Gasteiger charge is -2.04. The summed E-state index contributed by atoms with van der Waals surface area (Å²) in [7, 11) is 0. The second-order valence-electron chi connectivity index (χ2n) is 3.75. The molecule has 100 valence electrons. The molecule has 1 aromatic heterocycles. The Labute approximate surface area is 118 Å². The number of allylic oxidation sites excluding steroid dienone is 1. The zero-order chi connectivity index (χ0) is 14.4. The maximum Gasteiger partial charge on any atom is 0.0991 e. The fourth-order valence-corrected chi connectivity index (χ4v) is 2.04. The molecule has 0 aliphatic rings. The van der Waals surface area contributed by atoms with Gasteiger partial charge in [-0.1, -0.05) is 13.8 Å². The molecule has 3 N–H and O–H groups in total. The Bertz CT molecular complexity index is 632. The van der Waals surface area contributed by atoms with Crippen molar-refractivity contribution in [2.45, 2.75) is 20.8 Å². The first-order valence-electron chi connectivity index (χ1n) is 6.19. The van der Waals surface area contributed by atoms with E-state index in [1.165, 1.54) is 0 Å². The number of hydrogen-bond donors (Lipinski definition) is 2. The molecular weight excluding hydrogens is 254 g/mol. The second kappa shape index (κ2) is 6.91. The van der Waals surface area contributed by atoms with Gasteiger partial charge in [-0.3, -0.25) is 0 Å². The lowest BCUT2D eigenvalue weighted by molar-refractivity contribution is 1.44. The van der Waals surface area contributed by atoms with E-state index in [4.69, 9.17) is 11.0 Å². The summed E-state index contributed by atoms with van der Waals surface area (Å²) in [6.45, 7) is 5.99. The molecule has 19 heavy (non-hydrogen) atoms. The topological polar surface area (TPSA) is 65.6 Å². The van der Waals surface area contributed by atoms with Crippen LogP contribution in [-0.4, -0.2) is 11.2 Å². The molecule has 2 rings (SSSR count). The lowest BCUT2D eigenvalue weighted by atomic mass is 10.1. The average Bonchev–Trinajstić information content (AvgIpc) is 2.90. The van der Waals surface area contributed by atoms with Crippen LogP contribution in [0.5, 0.6) is 0 Å². The van der Waals surface area contributed by atoms with Crippen LogP contribution in [0.15, 0.2) is 29.3 Å². The SMILES string of the molecule is CC.CS/C(C)=C(\N)c1c[nH]c2ccc(C#N)cc12. The van der Waals surface area contributed by atoms with Crippen LogP contribution in [0.2, 0.25) is 0 Å². The molecule has 0 spiro atoms. The van der Waals surface area contributed by atoms with E-state index < -0.39 is 0 Å². The van der Waals surface area contributed by atoms with E-state index in [1.807, 2.05) is 45.4 Å². The number of thioether (sulfide) groups is 1. The van der Waals surface area contributed by atoms with Gasteiger partial charge in [-0.2, -0.15) is 5.26 Å². The van der Waals surface area contributed by atoms with E-state index in [1.54, 1.807) is 17.8 Å². The van der Waals surface area contributed by atoms with Crippen molar-refractivity contribution in [3.05, 3.63) is 40.4 Å². The Morgan fingerprint density at radius 1 is 1.37 bits per heavy atom. The summed E-state index contributed by atoms with van der Waals surface area (Å²) in [5.74, 6) is 0. The Morgan fingerprint density at radius 3 is 2.63 bits per heavy atom. The minimum Gasteiger partial charge on any atom is -0.398 e. The Morgan fingerprint density at radius 2 is 2.05 bits per heavy atom. The summed E-state index contributed by atoms with van der Waals surface area (Å²) >= 11 is 1.63. The van der Waals surface area contributed by atoms with Crippen LogP contribution in [0.1, 0.15) is 31.9 Å². The zero-order valence-corrected chi connectivity index (χ0v) is 12.6. The van der Waals surface area contributed by atoms with E-state index in [9.17, 15) is 0 Å². The first-order chi connectivity index (χ1) is 9.17. The number of nitriles is 1. The molecule has 0 fully saturated rings. The molecule has 0 saturated carbocycles. The first-order valence-corrected chi connectivity index (χ1v) is 7.41. The van der Waals surface area contributed by atoms with Crippen LogP contribution in [0.25, 0.3) is 16.6 Å². The number of benzene rings is 1. The van der Waals surface area contributed by atoms with Gasteiger partial charge in [0, 0.05) is 27.6 Å². The number of nitrogens with one attached hydrogen (secondary N) is 1. The van der Waals surface area contributed by atoms with Crippen LogP contribution < -0.4 is 5.73 Å². The van der Waals surface area contributed by atoms with Crippen molar-refractivity contribution in [3.8, 4) is 6.07 Å². The van der Waals surface area contributed by atoms with Crippen molar-refractivity contribution < 1.29 is 0 Å². The van der Waals surface area contributed by atoms with Gasteiger partial charge >= 0.3 is 0 Å². The van der Waals surface area contributed by atoms with Gasteiger partial charge in [0.2, 0.25) is 0 Å². The zero-order valence-electron chi connectivity index (χ0n) is 11.7. The van der Waals surface area contributed by atoms with Crippen molar-refractivity contribution in [2.75, 3.05) is 6.26 Å². The maximum atomic E-state index is 8.91. The monoisotopic (exact) mass is 273 g/mol. The molecule has 0 radical (unpaired) electrons. The summed E-state index contributed by atoms with van der Waals surface area (Å²) in [6, 6.07) is 7.70. The van der Waals surface area contributed by atoms with E-state index in [-0.39, 0.29) is 0 Å². The van der Waals surface area contributed by atoms with Crippen LogP contribution >= 0.6 is 11.8 Å². The number of aromatic amines is 1. The van der Waals surface area contributed by atoms with Crippen molar-refractivity contribution in [1.29, 1.82) is 5.26 Å². The molecule has 0 saturated heterocycles. The standard InChI is InChI=1S/C13H13N3S.C2H6/c1-8(17-2)13(15)11-7-16-12-4-3-9(6-14)5-10(11)12;1-2/h3-5,7,16H,15H2,1-2H3;1-2H3/b13-8-;. The highest BCUT2D eigenvalue weighted by Crippen LogP contribution is 2.27. The molecule has 0 amide bonds. The molecule has 0 atom stereocenters. The predicted octanol–water partition coefficient (Wildman–Crippen LogP) is 4.08. The molecule has 4 heteroatoms. The van der Waals surface area contributed by atoms with Gasteiger partial charge in [0.15, 0.2) is 0 Å². The van der Waals surface area contributed by atoms with Gasteiger partial charge in [-0.25, -0.2) is 0 Å². The second-order valence-corrected chi connectivity index (χ2v) is 4.77. The summed E-state index contributed by atoms with van der Waals surface area (Å²) in [6.07, 6.45) is 3.89. The molecule has 0 aliphatic carbocycles. The van der Waals surface area contributed by atoms with Gasteiger partial charge in [0.1, 0.15) is 0 Å². The van der Waals surface area contributed by atoms with Gasteiger partial charge in [-0.05, 0) is 31.4 Å². The van der Waals surface area contributed by atoms with Crippen LogP contribution in [-0.2, 0) is 0 Å². The molecule has 2 aromatic rings. The predicted molar refractivity (Wildman–Crippen MR) is 84.7 cm³/mol. The largest absolute Gasteiger partial charge is 0.398 e. The molecule has 1 heterocycles. The van der Waals surface area contributed by atoms with E-state index in [0.29, 0.717) is 5.56 Å². The van der Waals surface area contributed by atoms with Crippen LogP contribution in [0.3, 0.4) is 0 Å². The fraction of sp³-hybridized carbons (Fsp3) is 0.267. The third-order valence-corrected chi connectivity index (χ3v) is 3.62. The Hall–Kier alpha value is -1.86. The van der Waals surface area contributed by atoms with Crippen LogP contribution in [0, 0.1) is 11.3 Å². The lowest BCUT2D eigenvalue weighted by Crippen LogP contribution is -1.97. The highest BCUT2D eigenvalue weighted by Gasteiger charge is 2.08. The van der Waals surface area contributed by atoms with Gasteiger partial charge < -0.3 is 10.7 Å². The van der Waals surface area contributed by atoms with E-state index in [2.05, 4.69) is 11.1 Å². The average molecular weight is 273 g/mol. The summed E-state index contributed by atoms with van der Waals surface area (Å²) < 4.78 is 0. The van der Waals surface area contributed by atoms with Crippen molar-refractivity contribution in [3.63, 3.8) is 0 Å². The van der Waals surface area contributed by atoms with Crippen LogP contribution in [0.4, 0.5) is 0 Å². The Balaban J connectivity index is 0.000000861. The normalized spacial score (nSPS) is 11.3. The van der Waals surface area contributed by atoms with Crippen molar-refractivity contribution in [2.24, 2.45) is 5.73 Å². The highest BCUT2D eigenvalue weighted by atomic mass is 32.2. The summed E-state index contributed by atoms with van der Waals surface area (Å²) in [4.78, 5) is 4.24. The van der Waals surface area contributed by atoms with E-state index >= 15 is 0 Å². The minimum atomic E-state index is 0.646. The van der Waals surface area contributed by atoms with Gasteiger partial charge in [-0.15, -0.1) is 11.8 Å².